The molecule has 0 radical (unpaired) electrons. The zero-order chi connectivity index (χ0) is 24.5. The minimum Gasteiger partial charge on any atom is -0.369 e. The van der Waals surface area contributed by atoms with E-state index in [4.69, 9.17) is 5.73 Å². The second kappa shape index (κ2) is 11.8. The van der Waals surface area contributed by atoms with Crippen molar-refractivity contribution in [3.05, 3.63) is 65.5 Å². The van der Waals surface area contributed by atoms with Gasteiger partial charge in [-0.2, -0.15) is 5.10 Å². The third-order valence-corrected chi connectivity index (χ3v) is 4.94. The average molecular weight is 472 g/mol. The Bertz CT molecular complexity index is 1150. The van der Waals surface area contributed by atoms with E-state index in [1.54, 1.807) is 25.4 Å². The van der Waals surface area contributed by atoms with Crippen LogP contribution in [0.15, 0.2) is 42.7 Å². The van der Waals surface area contributed by atoms with Crippen molar-refractivity contribution in [2.45, 2.75) is 12.8 Å². The van der Waals surface area contributed by atoms with Crippen molar-refractivity contribution in [2.24, 2.45) is 12.8 Å². The van der Waals surface area contributed by atoms with Crippen molar-refractivity contribution < 1.29 is 18.4 Å². The van der Waals surface area contributed by atoms with E-state index in [1.165, 1.54) is 23.0 Å². The molecule has 0 saturated heterocycles. The molecule has 34 heavy (non-hydrogen) atoms. The summed E-state index contributed by atoms with van der Waals surface area (Å²) in [4.78, 5) is 28.3. The summed E-state index contributed by atoms with van der Waals surface area (Å²) in [6, 6.07) is 7.34. The molecule has 1 aromatic carbocycles. The summed E-state index contributed by atoms with van der Waals surface area (Å²) in [5, 5.41) is 12.4. The summed E-state index contributed by atoms with van der Waals surface area (Å²) in [7, 11) is 1.71. The van der Waals surface area contributed by atoms with Gasteiger partial charge < -0.3 is 21.7 Å². The first-order valence-electron chi connectivity index (χ1n) is 10.8. The molecule has 2 heterocycles. The lowest BCUT2D eigenvalue weighted by Gasteiger charge is -2.14. The lowest BCUT2D eigenvalue weighted by molar-refractivity contribution is -0.119. The molecule has 0 saturated carbocycles. The van der Waals surface area contributed by atoms with E-state index < -0.39 is 11.7 Å². The predicted molar refractivity (Wildman–Crippen MR) is 124 cm³/mol. The summed E-state index contributed by atoms with van der Waals surface area (Å²) in [5.41, 5.74) is 6.56. The van der Waals surface area contributed by atoms with Crippen LogP contribution in [0.3, 0.4) is 0 Å². The molecule has 0 spiro atoms. The van der Waals surface area contributed by atoms with Crippen LogP contribution < -0.4 is 21.7 Å². The molecule has 2 amide bonds. The number of hydrogen-bond acceptors (Lipinski definition) is 6. The first kappa shape index (κ1) is 24.8. The highest BCUT2D eigenvalue weighted by Gasteiger charge is 2.19. The molecule has 0 bridgehead atoms. The van der Waals surface area contributed by atoms with E-state index in [2.05, 4.69) is 26.0 Å². The number of hydrogen-bond donors (Lipinski definition) is 4. The Morgan fingerprint density at radius 1 is 1.12 bits per heavy atom. The normalized spacial score (nSPS) is 10.7. The van der Waals surface area contributed by atoms with Gasteiger partial charge >= 0.3 is 0 Å². The number of nitrogens with two attached hydrogens (primary N) is 1. The number of nitrogens with zero attached hydrogens (tertiary/aromatic N) is 3. The van der Waals surface area contributed by atoms with E-state index in [1.807, 2.05) is 0 Å². The molecule has 0 aliphatic heterocycles. The smallest absolute Gasteiger partial charge is 0.255 e. The van der Waals surface area contributed by atoms with Gasteiger partial charge in [-0.1, -0.05) is 12.1 Å². The molecule has 11 heteroatoms. The van der Waals surface area contributed by atoms with E-state index in [0.717, 1.165) is 11.6 Å². The van der Waals surface area contributed by atoms with E-state index in [0.29, 0.717) is 31.5 Å². The van der Waals surface area contributed by atoms with Crippen LogP contribution in [0.1, 0.15) is 22.3 Å². The molecule has 0 unspecified atom stereocenters. The molecule has 0 fully saturated rings. The molecular weight excluding hydrogens is 444 g/mol. The summed E-state index contributed by atoms with van der Waals surface area (Å²) in [6.07, 6.45) is 4.05. The molecule has 3 aromatic rings. The third kappa shape index (κ3) is 6.82. The van der Waals surface area contributed by atoms with Crippen molar-refractivity contribution in [3.8, 4) is 11.3 Å². The predicted octanol–water partition coefficient (Wildman–Crippen LogP) is 1.61. The molecule has 0 aliphatic rings. The van der Waals surface area contributed by atoms with Gasteiger partial charge in [-0.15, -0.1) is 0 Å². The van der Waals surface area contributed by atoms with Crippen LogP contribution >= 0.6 is 0 Å². The topological polar surface area (TPSA) is 127 Å². The first-order valence-corrected chi connectivity index (χ1v) is 10.8. The van der Waals surface area contributed by atoms with Crippen molar-refractivity contribution in [2.75, 3.05) is 31.5 Å². The molecule has 5 N–H and O–H groups in total. The quantitative estimate of drug-likeness (QED) is 0.315. The largest absolute Gasteiger partial charge is 0.369 e. The highest BCUT2D eigenvalue weighted by Crippen LogP contribution is 2.25. The highest BCUT2D eigenvalue weighted by molar-refractivity contribution is 5.99. The number of aryl methyl sites for hydroxylation is 1. The van der Waals surface area contributed by atoms with Crippen molar-refractivity contribution >= 4 is 17.6 Å². The van der Waals surface area contributed by atoms with Crippen molar-refractivity contribution in [3.63, 3.8) is 0 Å². The SMILES string of the molecule is Cn1cc(-c2nc(NCCc3cccc(F)c3)c(C(=O)NCCCNC(=O)CN)cc2F)cn1. The molecule has 9 nitrogen and oxygen atoms in total. The van der Waals surface area contributed by atoms with Crippen molar-refractivity contribution in [1.82, 2.24) is 25.4 Å². The Morgan fingerprint density at radius 2 is 1.91 bits per heavy atom. The molecule has 180 valence electrons. The second-order valence-electron chi connectivity index (χ2n) is 7.59. The maximum atomic E-state index is 14.9. The maximum absolute atomic E-state index is 14.9. The van der Waals surface area contributed by atoms with Gasteiger partial charge in [0, 0.05) is 38.4 Å². The zero-order valence-corrected chi connectivity index (χ0v) is 18.8. The van der Waals surface area contributed by atoms with Gasteiger partial charge in [-0.25, -0.2) is 13.8 Å². The van der Waals surface area contributed by atoms with E-state index in [-0.39, 0.29) is 41.9 Å². The molecule has 2 aromatic heterocycles. The van der Waals surface area contributed by atoms with Crippen LogP contribution in [0.2, 0.25) is 0 Å². The van der Waals surface area contributed by atoms with Gasteiger partial charge in [-0.05, 0) is 36.6 Å². The fourth-order valence-corrected chi connectivity index (χ4v) is 3.25. The van der Waals surface area contributed by atoms with Gasteiger partial charge in [0.15, 0.2) is 5.82 Å². The number of amides is 2. The Balaban J connectivity index is 1.74. The van der Waals surface area contributed by atoms with Gasteiger partial charge in [-0.3, -0.25) is 14.3 Å². The van der Waals surface area contributed by atoms with Gasteiger partial charge in [0.1, 0.15) is 17.3 Å². The number of carbonyl (C=O) groups excluding carboxylic acids is 2. The lowest BCUT2D eigenvalue weighted by atomic mass is 10.1. The number of halogens is 2. The fourth-order valence-electron chi connectivity index (χ4n) is 3.25. The summed E-state index contributed by atoms with van der Waals surface area (Å²) >= 11 is 0. The number of carbonyl (C=O) groups is 2. The van der Waals surface area contributed by atoms with Crippen LogP contribution in [0.25, 0.3) is 11.3 Å². The standard InChI is InChI=1S/C23H27F2N7O2/c1-32-14-16(13-30-32)21-19(25)11-18(23(34)29-8-3-7-27-20(33)12-26)22(31-21)28-9-6-15-4-2-5-17(24)10-15/h2,4-5,10-11,13-14H,3,6-9,12,26H2,1H3,(H,27,33)(H,28,31)(H,29,34). The first-order chi connectivity index (χ1) is 16.4. The molecule has 3 rings (SSSR count). The molecule has 0 aliphatic carbocycles. The van der Waals surface area contributed by atoms with E-state index in [9.17, 15) is 18.4 Å². The second-order valence-corrected chi connectivity index (χ2v) is 7.59. The lowest BCUT2D eigenvalue weighted by Crippen LogP contribution is -2.33. The highest BCUT2D eigenvalue weighted by atomic mass is 19.1. The zero-order valence-electron chi connectivity index (χ0n) is 18.8. The Morgan fingerprint density at radius 3 is 2.62 bits per heavy atom. The maximum Gasteiger partial charge on any atom is 0.255 e. The van der Waals surface area contributed by atoms with Crippen LogP contribution in [0.5, 0.6) is 0 Å². The van der Waals surface area contributed by atoms with Crippen LogP contribution in [-0.4, -0.2) is 52.8 Å². The van der Waals surface area contributed by atoms with Gasteiger partial charge in [0.05, 0.1) is 18.3 Å². The Kier molecular flexibility index (Phi) is 8.63. The fraction of sp³-hybridized carbons (Fsp3) is 0.304. The number of benzene rings is 1. The molecular formula is C23H27F2N7O2. The average Bonchev–Trinajstić information content (AvgIpc) is 3.25. The van der Waals surface area contributed by atoms with Crippen LogP contribution in [-0.2, 0) is 18.3 Å². The Labute approximate surface area is 195 Å². The summed E-state index contributed by atoms with van der Waals surface area (Å²) in [5.74, 6) is -1.59. The number of rotatable bonds is 11. The summed E-state index contributed by atoms with van der Waals surface area (Å²) < 4.78 is 29.9. The number of anilines is 1. The van der Waals surface area contributed by atoms with Crippen LogP contribution in [0, 0.1) is 11.6 Å². The van der Waals surface area contributed by atoms with E-state index >= 15 is 0 Å². The summed E-state index contributed by atoms with van der Waals surface area (Å²) in [6.45, 7) is 0.852. The minimum absolute atomic E-state index is 0.0374. The number of nitrogens with one attached hydrogen (secondary N) is 3. The monoisotopic (exact) mass is 471 g/mol. The Hall–Kier alpha value is -3.86. The van der Waals surface area contributed by atoms with Gasteiger partial charge in [0.2, 0.25) is 5.91 Å². The third-order valence-electron chi connectivity index (χ3n) is 4.94. The van der Waals surface area contributed by atoms with Crippen molar-refractivity contribution in [1.29, 1.82) is 0 Å². The number of aromatic nitrogens is 3. The van der Waals surface area contributed by atoms with Crippen LogP contribution in [0.4, 0.5) is 14.6 Å². The minimum atomic E-state index is -0.663. The molecule has 0 atom stereocenters. The van der Waals surface area contributed by atoms with Gasteiger partial charge in [0.25, 0.3) is 5.91 Å². The number of pyridine rings is 1.